The number of alkyl halides is 2. The van der Waals surface area contributed by atoms with Crippen molar-refractivity contribution in [1.82, 2.24) is 4.98 Å². The van der Waals surface area contributed by atoms with Crippen molar-refractivity contribution in [2.75, 3.05) is 18.5 Å². The van der Waals surface area contributed by atoms with Gasteiger partial charge in [-0.05, 0) is 32.0 Å². The number of carbonyl (C=O) groups is 1. The number of ether oxygens (including phenoxy) is 1. The minimum atomic E-state index is -3.53. The van der Waals surface area contributed by atoms with Crippen molar-refractivity contribution in [2.45, 2.75) is 25.3 Å². The molecule has 0 aliphatic carbocycles. The number of hydrogen-bond acceptors (Lipinski definition) is 6. The summed E-state index contributed by atoms with van der Waals surface area (Å²) >= 11 is 0. The van der Waals surface area contributed by atoms with Gasteiger partial charge in [0.15, 0.2) is 17.6 Å². The number of anilines is 1. The topological polar surface area (TPSA) is 103 Å². The van der Waals surface area contributed by atoms with Gasteiger partial charge in [0.05, 0.1) is 0 Å². The summed E-state index contributed by atoms with van der Waals surface area (Å²) in [6.45, 7) is 1.36. The molecule has 0 fully saturated rings. The molecule has 1 aromatic carbocycles. The standard InChI is InChI=1S/C17H17F3N4O3/c1-9-14(22-8-27-9)15(25)23-10-3-4-12(18)11(5-10)16(2)17(19,20)7-26-6-13(21)24-16/h3-5,8H,6-7H2,1-2H3,(H2,21,24)(H,23,25). The molecule has 2 heterocycles. The summed E-state index contributed by atoms with van der Waals surface area (Å²) in [7, 11) is 0. The first-order valence-electron chi connectivity index (χ1n) is 7.95. The quantitative estimate of drug-likeness (QED) is 0.850. The van der Waals surface area contributed by atoms with E-state index in [1.54, 1.807) is 6.92 Å². The first kappa shape index (κ1) is 18.9. The molecule has 7 nitrogen and oxygen atoms in total. The Morgan fingerprint density at radius 1 is 1.37 bits per heavy atom. The fraction of sp³-hybridized carbons (Fsp3) is 0.353. The average Bonchev–Trinajstić information content (AvgIpc) is 2.98. The van der Waals surface area contributed by atoms with Crippen LogP contribution in [0, 0.1) is 12.7 Å². The van der Waals surface area contributed by atoms with Gasteiger partial charge in [0.1, 0.15) is 30.6 Å². The molecule has 1 unspecified atom stereocenters. The predicted molar refractivity (Wildman–Crippen MR) is 90.3 cm³/mol. The minimum absolute atomic E-state index is 0.0301. The van der Waals surface area contributed by atoms with E-state index in [0.717, 1.165) is 25.5 Å². The van der Waals surface area contributed by atoms with Gasteiger partial charge in [-0.2, -0.15) is 0 Å². The SMILES string of the molecule is Cc1ocnc1C(=O)Nc1ccc(F)c(C2(C)N=C(N)COCC2(F)F)c1. The number of aryl methyl sites for hydroxylation is 1. The number of halogens is 3. The summed E-state index contributed by atoms with van der Waals surface area (Å²) < 4.78 is 53.5. The molecular formula is C17H17F3N4O3. The molecule has 0 spiro atoms. The molecule has 1 amide bonds. The van der Waals surface area contributed by atoms with Crippen molar-refractivity contribution >= 4 is 17.4 Å². The number of benzene rings is 1. The number of amidine groups is 1. The second-order valence-corrected chi connectivity index (χ2v) is 6.28. The fourth-order valence-electron chi connectivity index (χ4n) is 2.77. The lowest BCUT2D eigenvalue weighted by molar-refractivity contribution is -0.116. The van der Waals surface area contributed by atoms with E-state index >= 15 is 0 Å². The van der Waals surface area contributed by atoms with Crippen LogP contribution in [0.15, 0.2) is 34.0 Å². The number of oxazole rings is 1. The van der Waals surface area contributed by atoms with E-state index in [0.29, 0.717) is 0 Å². The van der Waals surface area contributed by atoms with E-state index in [1.165, 1.54) is 6.07 Å². The average molecular weight is 382 g/mol. The Morgan fingerprint density at radius 3 is 2.78 bits per heavy atom. The van der Waals surface area contributed by atoms with Crippen LogP contribution in [-0.4, -0.2) is 35.9 Å². The lowest BCUT2D eigenvalue weighted by atomic mass is 9.85. The molecule has 1 aromatic heterocycles. The summed E-state index contributed by atoms with van der Waals surface area (Å²) in [4.78, 5) is 19.8. The van der Waals surface area contributed by atoms with Crippen LogP contribution in [0.5, 0.6) is 0 Å². The van der Waals surface area contributed by atoms with Gasteiger partial charge in [-0.15, -0.1) is 0 Å². The fourth-order valence-corrected chi connectivity index (χ4v) is 2.77. The molecule has 144 valence electrons. The zero-order valence-corrected chi connectivity index (χ0v) is 14.6. The molecule has 3 rings (SSSR count). The molecule has 0 saturated heterocycles. The number of aromatic nitrogens is 1. The number of nitrogens with two attached hydrogens (primary N) is 1. The zero-order valence-electron chi connectivity index (χ0n) is 14.6. The van der Waals surface area contributed by atoms with Crippen LogP contribution in [0.3, 0.4) is 0 Å². The van der Waals surface area contributed by atoms with Crippen molar-refractivity contribution in [1.29, 1.82) is 0 Å². The molecule has 1 aliphatic heterocycles. The molecule has 0 bridgehead atoms. The molecule has 1 aliphatic rings. The van der Waals surface area contributed by atoms with Gasteiger partial charge in [-0.1, -0.05) is 0 Å². The predicted octanol–water partition coefficient (Wildman–Crippen LogP) is 2.61. The van der Waals surface area contributed by atoms with E-state index in [1.807, 2.05) is 0 Å². The molecule has 10 heteroatoms. The Hall–Kier alpha value is -2.88. The zero-order chi connectivity index (χ0) is 19.8. The van der Waals surface area contributed by atoms with E-state index in [9.17, 15) is 18.0 Å². The van der Waals surface area contributed by atoms with Crippen molar-refractivity contribution < 1.29 is 27.1 Å². The molecule has 0 radical (unpaired) electrons. The van der Waals surface area contributed by atoms with Crippen LogP contribution in [0.1, 0.15) is 28.7 Å². The highest BCUT2D eigenvalue weighted by molar-refractivity contribution is 6.03. The molecule has 3 N–H and O–H groups in total. The van der Waals surface area contributed by atoms with Crippen LogP contribution >= 0.6 is 0 Å². The molecule has 2 aromatic rings. The maximum atomic E-state index is 14.7. The van der Waals surface area contributed by atoms with Gasteiger partial charge in [-0.3, -0.25) is 9.79 Å². The Balaban J connectivity index is 2.01. The third-order valence-electron chi connectivity index (χ3n) is 4.32. The minimum Gasteiger partial charge on any atom is -0.448 e. The van der Waals surface area contributed by atoms with Gasteiger partial charge in [0, 0.05) is 11.3 Å². The number of nitrogens with zero attached hydrogens (tertiary/aromatic N) is 2. The summed E-state index contributed by atoms with van der Waals surface area (Å²) in [5.74, 6) is -4.96. The molecular weight excluding hydrogens is 365 g/mol. The maximum absolute atomic E-state index is 14.7. The third-order valence-corrected chi connectivity index (χ3v) is 4.32. The highest BCUT2D eigenvalue weighted by Crippen LogP contribution is 2.44. The summed E-state index contributed by atoms with van der Waals surface area (Å²) in [5, 5.41) is 2.48. The van der Waals surface area contributed by atoms with Crippen molar-refractivity contribution in [3.05, 3.63) is 47.4 Å². The molecule has 27 heavy (non-hydrogen) atoms. The monoisotopic (exact) mass is 382 g/mol. The van der Waals surface area contributed by atoms with Gasteiger partial charge >= 0.3 is 0 Å². The van der Waals surface area contributed by atoms with Crippen LogP contribution in [-0.2, 0) is 10.3 Å². The van der Waals surface area contributed by atoms with Crippen molar-refractivity contribution in [3.63, 3.8) is 0 Å². The third kappa shape index (κ3) is 3.39. The van der Waals surface area contributed by atoms with Gasteiger partial charge < -0.3 is 20.2 Å². The normalized spacial score (nSPS) is 22.0. The van der Waals surface area contributed by atoms with Crippen LogP contribution in [0.2, 0.25) is 0 Å². The summed E-state index contributed by atoms with van der Waals surface area (Å²) in [6.07, 6.45) is 1.10. The first-order valence-corrected chi connectivity index (χ1v) is 7.95. The highest BCUT2D eigenvalue weighted by Gasteiger charge is 2.54. The van der Waals surface area contributed by atoms with E-state index in [2.05, 4.69) is 15.3 Å². The van der Waals surface area contributed by atoms with Crippen molar-refractivity contribution in [3.8, 4) is 0 Å². The second-order valence-electron chi connectivity index (χ2n) is 6.28. The lowest BCUT2D eigenvalue weighted by Crippen LogP contribution is -2.45. The Kier molecular flexibility index (Phi) is 4.68. The number of amides is 1. The number of rotatable bonds is 3. The Bertz CT molecular complexity index is 913. The lowest BCUT2D eigenvalue weighted by Gasteiger charge is -2.33. The maximum Gasteiger partial charge on any atom is 0.299 e. The van der Waals surface area contributed by atoms with Gasteiger partial charge in [0.25, 0.3) is 11.8 Å². The Morgan fingerprint density at radius 2 is 2.11 bits per heavy atom. The van der Waals surface area contributed by atoms with Crippen molar-refractivity contribution in [2.24, 2.45) is 10.7 Å². The molecule has 1 atom stereocenters. The second kappa shape index (κ2) is 6.69. The first-order chi connectivity index (χ1) is 12.6. The summed E-state index contributed by atoms with van der Waals surface area (Å²) in [6, 6.07) is 3.31. The van der Waals surface area contributed by atoms with Gasteiger partial charge in [0.2, 0.25) is 0 Å². The van der Waals surface area contributed by atoms with Crippen LogP contribution < -0.4 is 11.1 Å². The van der Waals surface area contributed by atoms with E-state index < -0.39 is 35.4 Å². The van der Waals surface area contributed by atoms with E-state index in [-0.39, 0.29) is 29.6 Å². The Labute approximate surface area is 152 Å². The number of hydrogen-bond donors (Lipinski definition) is 2. The molecule has 0 saturated carbocycles. The van der Waals surface area contributed by atoms with Gasteiger partial charge in [-0.25, -0.2) is 18.2 Å². The highest BCUT2D eigenvalue weighted by atomic mass is 19.3. The number of carbonyl (C=O) groups excluding carboxylic acids is 1. The smallest absolute Gasteiger partial charge is 0.299 e. The van der Waals surface area contributed by atoms with Crippen LogP contribution in [0.4, 0.5) is 18.9 Å². The van der Waals surface area contributed by atoms with E-state index in [4.69, 9.17) is 14.9 Å². The number of aliphatic imine (C=N–C) groups is 1. The number of nitrogens with one attached hydrogen (secondary N) is 1. The largest absolute Gasteiger partial charge is 0.448 e. The summed E-state index contributed by atoms with van der Waals surface area (Å²) in [5.41, 5.74) is 3.00. The van der Waals surface area contributed by atoms with Crippen LogP contribution in [0.25, 0.3) is 0 Å².